The minimum atomic E-state index is -1.10. The van der Waals surface area contributed by atoms with E-state index in [1.807, 2.05) is 36.4 Å². The van der Waals surface area contributed by atoms with Crippen molar-refractivity contribution in [3.05, 3.63) is 46.8 Å². The fraction of sp³-hybridized carbons (Fsp3) is 0.368. The zero-order valence-electron chi connectivity index (χ0n) is 16.8. The van der Waals surface area contributed by atoms with Gasteiger partial charge in [-0.25, -0.2) is 0 Å². The van der Waals surface area contributed by atoms with Gasteiger partial charge in [0.05, 0.1) is 19.9 Å². The normalized spacial score (nSPS) is 12.7. The van der Waals surface area contributed by atoms with Crippen LogP contribution >= 0.6 is 0 Å². The van der Waals surface area contributed by atoms with Crippen molar-refractivity contribution in [2.24, 2.45) is 0 Å². The zero-order valence-corrected chi connectivity index (χ0v) is 16.8. The van der Waals surface area contributed by atoms with Crippen LogP contribution in [-0.2, 0) is 23.8 Å². The molecule has 0 saturated heterocycles. The molecule has 1 aliphatic heterocycles. The fourth-order valence-electron chi connectivity index (χ4n) is 2.43. The lowest BCUT2D eigenvalue weighted by Gasteiger charge is -2.27. The zero-order chi connectivity index (χ0) is 21.9. The van der Waals surface area contributed by atoms with E-state index in [1.165, 1.54) is 18.7 Å². The van der Waals surface area contributed by atoms with Crippen molar-refractivity contribution in [2.75, 3.05) is 35.8 Å². The topological polar surface area (TPSA) is 149 Å². The first kappa shape index (κ1) is 22.7. The first-order valence-electron chi connectivity index (χ1n) is 9.21. The van der Waals surface area contributed by atoms with E-state index >= 15 is 0 Å². The lowest BCUT2D eigenvalue weighted by atomic mass is 10.4. The number of esters is 2. The molecule has 2 heterocycles. The molecule has 1 aliphatic rings. The fourth-order valence-corrected chi connectivity index (χ4v) is 2.43. The molecule has 4 N–H and O–H groups in total. The molecule has 11 nitrogen and oxygen atoms in total. The summed E-state index contributed by atoms with van der Waals surface area (Å²) in [6.45, 7) is 3.04. The molecule has 1 atom stereocenters. The van der Waals surface area contributed by atoms with E-state index in [9.17, 15) is 14.4 Å². The molecular weight excluding hydrogens is 394 g/mol. The second-order valence-corrected chi connectivity index (χ2v) is 6.09. The molecule has 0 fully saturated rings. The van der Waals surface area contributed by atoms with E-state index in [0.717, 1.165) is 0 Å². The number of anilines is 3. The smallest absolute Gasteiger partial charge is 0.306 e. The van der Waals surface area contributed by atoms with Gasteiger partial charge in [-0.05, 0) is 0 Å². The number of ether oxygens (including phenoxy) is 3. The van der Waals surface area contributed by atoms with Crippen molar-refractivity contribution in [3.63, 3.8) is 0 Å². The predicted molar refractivity (Wildman–Crippen MR) is 109 cm³/mol. The Morgan fingerprint density at radius 1 is 1.13 bits per heavy atom. The van der Waals surface area contributed by atoms with Crippen LogP contribution in [0, 0.1) is 0 Å². The summed E-state index contributed by atoms with van der Waals surface area (Å²) in [5.74, 6) is -0.791. The molecule has 11 heteroatoms. The number of benzene rings is 1. The van der Waals surface area contributed by atoms with Crippen LogP contribution in [0.4, 0.5) is 17.5 Å². The number of carbonyl (C=O) groups is 2. The largest absolute Gasteiger partial charge is 0.466 e. The molecule has 30 heavy (non-hydrogen) atoms. The first-order valence-corrected chi connectivity index (χ1v) is 9.21. The number of nitrogens with one attached hydrogen (secondary N) is 2. The number of aromatic nitrogens is 2. The van der Waals surface area contributed by atoms with E-state index in [4.69, 9.17) is 19.9 Å². The maximum absolute atomic E-state index is 11.8. The summed E-state index contributed by atoms with van der Waals surface area (Å²) in [7, 11) is 0. The number of carbonyl (C=O) groups excluding carboxylic acids is 2. The third kappa shape index (κ3) is 7.09. The number of hydrogen-bond donors (Lipinski definition) is 3. The average molecular weight is 419 g/mol. The standard InChI is InChI=1S/C13H19N5O6.C6H6/c1-7(19)22-4-3-5-23-13(24-8(2)20)18-6-15-9-10(18)16-12(14)17-11(9)21;1-2-4-6-5-3-1/h13,15H,3-6H2,1-2H3,(H3,14,16,17,21);1-6H. The van der Waals surface area contributed by atoms with Gasteiger partial charge in [-0.15, -0.1) is 0 Å². The van der Waals surface area contributed by atoms with Gasteiger partial charge in [-0.3, -0.25) is 24.3 Å². The maximum Gasteiger partial charge on any atom is 0.306 e. The minimum Gasteiger partial charge on any atom is -0.466 e. The van der Waals surface area contributed by atoms with Crippen LogP contribution in [-0.4, -0.2) is 48.2 Å². The van der Waals surface area contributed by atoms with Crippen molar-refractivity contribution in [3.8, 4) is 0 Å². The third-order valence-corrected chi connectivity index (χ3v) is 3.66. The monoisotopic (exact) mass is 419 g/mol. The van der Waals surface area contributed by atoms with Gasteiger partial charge in [-0.1, -0.05) is 36.4 Å². The van der Waals surface area contributed by atoms with Gasteiger partial charge in [0, 0.05) is 20.3 Å². The van der Waals surface area contributed by atoms with Crippen LogP contribution in [0.25, 0.3) is 0 Å². The Kier molecular flexibility index (Phi) is 8.63. The highest BCUT2D eigenvalue weighted by Crippen LogP contribution is 2.28. The van der Waals surface area contributed by atoms with Crippen molar-refractivity contribution < 1.29 is 23.8 Å². The van der Waals surface area contributed by atoms with Gasteiger partial charge < -0.3 is 25.3 Å². The average Bonchev–Trinajstić information content (AvgIpc) is 3.12. The van der Waals surface area contributed by atoms with Crippen LogP contribution in [0.2, 0.25) is 0 Å². The lowest BCUT2D eigenvalue weighted by molar-refractivity contribution is -0.176. The SMILES string of the molecule is CC(=O)OCCCOC(OC(C)=O)N1CNc2c1nc(N)[nH]c2=O.c1ccccc1. The number of nitrogens with two attached hydrogens (primary N) is 1. The maximum atomic E-state index is 11.8. The molecule has 1 aromatic carbocycles. The van der Waals surface area contributed by atoms with Gasteiger partial charge in [0.2, 0.25) is 5.95 Å². The Morgan fingerprint density at radius 3 is 2.33 bits per heavy atom. The summed E-state index contributed by atoms with van der Waals surface area (Å²) in [5, 5.41) is 2.84. The second-order valence-electron chi connectivity index (χ2n) is 6.09. The first-order chi connectivity index (χ1) is 14.4. The molecule has 0 aliphatic carbocycles. The van der Waals surface area contributed by atoms with Crippen molar-refractivity contribution in [2.45, 2.75) is 26.7 Å². The molecule has 1 aromatic heterocycles. The molecule has 0 saturated carbocycles. The number of hydrogen-bond acceptors (Lipinski definition) is 10. The van der Waals surface area contributed by atoms with E-state index in [1.54, 1.807) is 0 Å². The molecule has 0 amide bonds. The molecule has 0 radical (unpaired) electrons. The second kappa shape index (κ2) is 11.4. The van der Waals surface area contributed by atoms with Gasteiger partial charge in [0.1, 0.15) is 5.69 Å². The predicted octanol–water partition coefficient (Wildman–Crippen LogP) is 1.04. The molecule has 3 rings (SSSR count). The van der Waals surface area contributed by atoms with Crippen LogP contribution in [0.5, 0.6) is 0 Å². The number of nitrogen functional groups attached to an aromatic ring is 1. The van der Waals surface area contributed by atoms with Crippen LogP contribution in [0.15, 0.2) is 41.2 Å². The van der Waals surface area contributed by atoms with E-state index in [0.29, 0.717) is 6.42 Å². The van der Waals surface area contributed by atoms with Gasteiger partial charge in [0.25, 0.3) is 12.0 Å². The summed E-state index contributed by atoms with van der Waals surface area (Å²) in [6, 6.07) is 12.0. The van der Waals surface area contributed by atoms with Gasteiger partial charge in [-0.2, -0.15) is 4.98 Å². The molecule has 2 aromatic rings. The van der Waals surface area contributed by atoms with Crippen molar-refractivity contribution in [1.82, 2.24) is 9.97 Å². The number of rotatable bonds is 7. The number of fused-ring (bicyclic) bond motifs is 1. The van der Waals surface area contributed by atoms with Crippen molar-refractivity contribution in [1.29, 1.82) is 0 Å². The Hall–Kier alpha value is -3.60. The summed E-state index contributed by atoms with van der Waals surface area (Å²) < 4.78 is 15.4. The number of aromatic amines is 1. The molecule has 0 bridgehead atoms. The molecule has 0 spiro atoms. The van der Waals surface area contributed by atoms with Gasteiger partial charge in [0.15, 0.2) is 5.82 Å². The Morgan fingerprint density at radius 2 is 1.77 bits per heavy atom. The van der Waals surface area contributed by atoms with Crippen LogP contribution < -0.4 is 21.5 Å². The van der Waals surface area contributed by atoms with E-state index in [-0.39, 0.29) is 43.3 Å². The minimum absolute atomic E-state index is 0.0658. The Labute approximate surface area is 173 Å². The Bertz CT molecular complexity index is 862. The quantitative estimate of drug-likeness (QED) is 0.338. The lowest BCUT2D eigenvalue weighted by Crippen LogP contribution is -2.41. The Balaban J connectivity index is 0.000000456. The summed E-state index contributed by atoms with van der Waals surface area (Å²) in [6.07, 6.45) is -0.682. The molecule has 162 valence electrons. The summed E-state index contributed by atoms with van der Waals surface area (Å²) in [4.78, 5) is 41.7. The van der Waals surface area contributed by atoms with Crippen molar-refractivity contribution >= 4 is 29.4 Å². The summed E-state index contributed by atoms with van der Waals surface area (Å²) >= 11 is 0. The molecule has 1 unspecified atom stereocenters. The number of H-pyrrole nitrogens is 1. The summed E-state index contributed by atoms with van der Waals surface area (Å²) in [5.41, 5.74) is 5.32. The third-order valence-electron chi connectivity index (χ3n) is 3.66. The van der Waals surface area contributed by atoms with E-state index < -0.39 is 17.9 Å². The highest BCUT2D eigenvalue weighted by molar-refractivity contribution is 5.72. The molecular formula is C19H25N5O6. The van der Waals surface area contributed by atoms with Crippen LogP contribution in [0.3, 0.4) is 0 Å². The number of nitrogens with zero attached hydrogens (tertiary/aromatic N) is 2. The highest BCUT2D eigenvalue weighted by Gasteiger charge is 2.32. The van der Waals surface area contributed by atoms with Gasteiger partial charge >= 0.3 is 11.9 Å². The van der Waals surface area contributed by atoms with Crippen LogP contribution in [0.1, 0.15) is 20.3 Å². The highest BCUT2D eigenvalue weighted by atomic mass is 16.7. The van der Waals surface area contributed by atoms with E-state index in [2.05, 4.69) is 15.3 Å².